The van der Waals surface area contributed by atoms with Crippen LogP contribution < -0.4 is 10.3 Å². The lowest BCUT2D eigenvalue weighted by Gasteiger charge is -2.18. The number of amides is 1. The number of sulfonamides is 1. The topological polar surface area (TPSA) is 96.7 Å². The lowest BCUT2D eigenvalue weighted by Crippen LogP contribution is -2.27. The molecule has 3 aromatic rings. The minimum absolute atomic E-state index is 0.0889. The molecule has 1 aromatic heterocycles. The Bertz CT molecular complexity index is 1230. The molecule has 1 fully saturated rings. The highest BCUT2D eigenvalue weighted by Gasteiger charge is 2.21. The molecule has 0 spiro atoms. The van der Waals surface area contributed by atoms with Crippen LogP contribution in [0.5, 0.6) is 0 Å². The van der Waals surface area contributed by atoms with Crippen LogP contribution in [-0.2, 0) is 27.9 Å². The number of hydrogen-bond donors (Lipinski definition) is 1. The summed E-state index contributed by atoms with van der Waals surface area (Å²) in [6, 6.07) is 14.6. The van der Waals surface area contributed by atoms with Crippen LogP contribution in [-0.4, -0.2) is 25.8 Å². The zero-order chi connectivity index (χ0) is 20.4. The van der Waals surface area contributed by atoms with Crippen molar-refractivity contribution < 1.29 is 17.6 Å². The van der Waals surface area contributed by atoms with Gasteiger partial charge in [0.15, 0.2) is 0 Å². The molecule has 0 saturated carbocycles. The van der Waals surface area contributed by atoms with Crippen molar-refractivity contribution >= 4 is 26.9 Å². The molecule has 1 aliphatic rings. The molecule has 29 heavy (non-hydrogen) atoms. The molecule has 0 radical (unpaired) electrons. The lowest BCUT2D eigenvalue weighted by atomic mass is 10.1. The molecule has 0 atom stereocenters. The largest absolute Gasteiger partial charge is 0.423 e. The molecule has 1 saturated heterocycles. The van der Waals surface area contributed by atoms with E-state index in [0.717, 1.165) is 24.1 Å². The Labute approximate surface area is 168 Å². The number of carbonyl (C=O) groups is 1. The highest BCUT2D eigenvalue weighted by molar-refractivity contribution is 7.89. The van der Waals surface area contributed by atoms with Crippen LogP contribution in [0.25, 0.3) is 11.0 Å². The van der Waals surface area contributed by atoms with Gasteiger partial charge in [-0.25, -0.2) is 17.9 Å². The summed E-state index contributed by atoms with van der Waals surface area (Å²) in [5.74, 6) is 0.128. The third-order valence-corrected chi connectivity index (χ3v) is 6.40. The van der Waals surface area contributed by atoms with Crippen LogP contribution in [0.4, 0.5) is 0 Å². The molecular weight excluding hydrogens is 392 g/mol. The Morgan fingerprint density at radius 3 is 2.55 bits per heavy atom. The molecule has 0 unspecified atom stereocenters. The van der Waals surface area contributed by atoms with Gasteiger partial charge in [0.2, 0.25) is 15.9 Å². The molecule has 7 nitrogen and oxygen atoms in total. The summed E-state index contributed by atoms with van der Waals surface area (Å²) in [5.41, 5.74) is 1.59. The summed E-state index contributed by atoms with van der Waals surface area (Å²) in [5, 5.41) is 0.528. The maximum Gasteiger partial charge on any atom is 0.336 e. The number of carbonyl (C=O) groups excluding carboxylic acids is 1. The van der Waals surface area contributed by atoms with E-state index in [-0.39, 0.29) is 17.3 Å². The van der Waals surface area contributed by atoms with E-state index in [1.165, 1.54) is 30.3 Å². The number of likely N-dealkylation sites (tertiary alicyclic amines) is 1. The van der Waals surface area contributed by atoms with E-state index in [9.17, 15) is 18.0 Å². The normalized spacial score (nSPS) is 14.6. The predicted octanol–water partition coefficient (Wildman–Crippen LogP) is 2.39. The number of nitrogens with one attached hydrogen (secondary N) is 1. The first-order chi connectivity index (χ1) is 13.9. The van der Waals surface area contributed by atoms with Gasteiger partial charge in [0, 0.05) is 37.5 Å². The summed E-state index contributed by atoms with van der Waals surface area (Å²) in [7, 11) is -3.77. The highest BCUT2D eigenvalue weighted by atomic mass is 32.2. The van der Waals surface area contributed by atoms with Crippen molar-refractivity contribution in [2.75, 3.05) is 6.54 Å². The number of benzene rings is 2. The quantitative estimate of drug-likeness (QED) is 0.627. The van der Waals surface area contributed by atoms with E-state index in [1.807, 2.05) is 24.3 Å². The van der Waals surface area contributed by atoms with Crippen molar-refractivity contribution in [2.24, 2.45) is 0 Å². The standard InChI is InChI=1S/C21H20N2O5S/c24-20-6-3-11-23(20)14-17-5-2-1-4-16(17)13-22-29(26,27)18-8-9-19-15(12-18)7-10-21(25)28-19/h1-2,4-5,7-10,12,22H,3,6,11,13-14H2. The fraction of sp³-hybridized carbons (Fsp3) is 0.238. The molecule has 150 valence electrons. The minimum Gasteiger partial charge on any atom is -0.423 e. The second kappa shape index (κ2) is 7.81. The number of hydrogen-bond acceptors (Lipinski definition) is 5. The van der Waals surface area contributed by atoms with Crippen molar-refractivity contribution in [3.8, 4) is 0 Å². The van der Waals surface area contributed by atoms with Gasteiger partial charge >= 0.3 is 5.63 Å². The Kier molecular flexibility index (Phi) is 5.21. The Morgan fingerprint density at radius 1 is 1.00 bits per heavy atom. The minimum atomic E-state index is -3.77. The molecule has 0 bridgehead atoms. The highest BCUT2D eigenvalue weighted by Crippen LogP contribution is 2.20. The smallest absolute Gasteiger partial charge is 0.336 e. The van der Waals surface area contributed by atoms with E-state index in [1.54, 1.807) is 4.90 Å². The number of nitrogens with zero attached hydrogens (tertiary/aromatic N) is 1. The maximum atomic E-state index is 12.8. The Hall–Kier alpha value is -2.97. The van der Waals surface area contributed by atoms with Gasteiger partial charge < -0.3 is 9.32 Å². The van der Waals surface area contributed by atoms with Crippen LogP contribution in [0.2, 0.25) is 0 Å². The van der Waals surface area contributed by atoms with E-state index < -0.39 is 15.6 Å². The predicted molar refractivity (Wildman–Crippen MR) is 108 cm³/mol. The molecule has 1 N–H and O–H groups in total. The van der Waals surface area contributed by atoms with E-state index in [2.05, 4.69) is 4.72 Å². The van der Waals surface area contributed by atoms with Crippen LogP contribution in [0.3, 0.4) is 0 Å². The van der Waals surface area contributed by atoms with Crippen LogP contribution in [0.1, 0.15) is 24.0 Å². The summed E-state index contributed by atoms with van der Waals surface area (Å²) < 4.78 is 33.2. The first kappa shape index (κ1) is 19.4. The molecule has 2 aromatic carbocycles. The van der Waals surface area contributed by atoms with Crippen molar-refractivity contribution in [1.82, 2.24) is 9.62 Å². The Balaban J connectivity index is 1.53. The van der Waals surface area contributed by atoms with Gasteiger partial charge in [0.25, 0.3) is 0 Å². The molecule has 1 aliphatic heterocycles. The Morgan fingerprint density at radius 2 is 1.79 bits per heavy atom. The van der Waals surface area contributed by atoms with E-state index >= 15 is 0 Å². The number of rotatable bonds is 6. The summed E-state index contributed by atoms with van der Waals surface area (Å²) in [4.78, 5) is 25.1. The van der Waals surface area contributed by atoms with Crippen molar-refractivity contribution in [3.63, 3.8) is 0 Å². The van der Waals surface area contributed by atoms with Crippen LogP contribution in [0, 0.1) is 0 Å². The van der Waals surface area contributed by atoms with Crippen molar-refractivity contribution in [3.05, 3.63) is 76.1 Å². The van der Waals surface area contributed by atoms with Crippen LogP contribution >= 0.6 is 0 Å². The summed E-state index contributed by atoms with van der Waals surface area (Å²) in [6.45, 7) is 1.32. The fourth-order valence-corrected chi connectivity index (χ4v) is 4.48. The summed E-state index contributed by atoms with van der Waals surface area (Å²) in [6.07, 6.45) is 1.42. The maximum absolute atomic E-state index is 12.8. The van der Waals surface area contributed by atoms with Gasteiger partial charge in [0.05, 0.1) is 4.90 Å². The summed E-state index contributed by atoms with van der Waals surface area (Å²) >= 11 is 0. The average molecular weight is 412 g/mol. The van der Waals surface area contributed by atoms with Crippen LogP contribution in [0.15, 0.2) is 68.7 Å². The first-order valence-corrected chi connectivity index (χ1v) is 10.8. The SMILES string of the molecule is O=C1CCCN1Cc1ccccc1CNS(=O)(=O)c1ccc2oc(=O)ccc2c1. The third-order valence-electron chi connectivity index (χ3n) is 5.00. The molecule has 0 aliphatic carbocycles. The van der Waals surface area contributed by atoms with E-state index in [4.69, 9.17) is 4.42 Å². The van der Waals surface area contributed by atoms with E-state index in [0.29, 0.717) is 23.9 Å². The fourth-order valence-electron chi connectivity index (χ4n) is 3.43. The second-order valence-electron chi connectivity index (χ2n) is 6.97. The van der Waals surface area contributed by atoms with Gasteiger partial charge in [0.1, 0.15) is 5.58 Å². The second-order valence-corrected chi connectivity index (χ2v) is 8.73. The van der Waals surface area contributed by atoms with Gasteiger partial charge in [-0.2, -0.15) is 0 Å². The molecule has 2 heterocycles. The van der Waals surface area contributed by atoms with Gasteiger partial charge in [-0.1, -0.05) is 24.3 Å². The molecular formula is C21H20N2O5S. The lowest BCUT2D eigenvalue weighted by molar-refractivity contribution is -0.128. The zero-order valence-electron chi connectivity index (χ0n) is 15.6. The van der Waals surface area contributed by atoms with Gasteiger partial charge in [-0.05, 0) is 41.8 Å². The molecule has 4 rings (SSSR count). The third kappa shape index (κ3) is 4.23. The van der Waals surface area contributed by atoms with Crippen molar-refractivity contribution in [1.29, 1.82) is 0 Å². The number of fused-ring (bicyclic) bond motifs is 1. The van der Waals surface area contributed by atoms with Crippen molar-refractivity contribution in [2.45, 2.75) is 30.8 Å². The average Bonchev–Trinajstić information content (AvgIpc) is 3.11. The van der Waals surface area contributed by atoms with Gasteiger partial charge in [-0.3, -0.25) is 4.79 Å². The molecule has 1 amide bonds. The molecule has 8 heteroatoms. The zero-order valence-corrected chi connectivity index (χ0v) is 16.4. The first-order valence-electron chi connectivity index (χ1n) is 9.30. The van der Waals surface area contributed by atoms with Gasteiger partial charge in [-0.15, -0.1) is 0 Å². The monoisotopic (exact) mass is 412 g/mol.